The van der Waals surface area contributed by atoms with Crippen LogP contribution in [-0.2, 0) is 36.9 Å². The van der Waals surface area contributed by atoms with Crippen molar-refractivity contribution < 1.29 is 37.9 Å². The molecule has 18 heteroatoms. The maximum atomic E-state index is 13.6. The van der Waals surface area contributed by atoms with Gasteiger partial charge >= 0.3 is 0 Å². The lowest BCUT2D eigenvalue weighted by Gasteiger charge is -2.29. The molecule has 2 amide bonds. The van der Waals surface area contributed by atoms with Crippen molar-refractivity contribution in [1.29, 1.82) is 0 Å². The second-order valence-corrected chi connectivity index (χ2v) is 17.6. The number of ketones is 2. The number of aryl methyl sites for hydroxylation is 4. The van der Waals surface area contributed by atoms with Gasteiger partial charge in [-0.1, -0.05) is 11.2 Å². The molecule has 1 aliphatic heterocycles. The van der Waals surface area contributed by atoms with E-state index in [1.54, 1.807) is 11.0 Å². The van der Waals surface area contributed by atoms with E-state index in [2.05, 4.69) is 58.1 Å². The fourth-order valence-electron chi connectivity index (χ4n) is 9.11. The number of carbonyl (C=O) groups is 4. The first-order valence-electron chi connectivity index (χ1n) is 23.4. The van der Waals surface area contributed by atoms with Crippen LogP contribution in [0.25, 0.3) is 33.1 Å². The number of carbonyl (C=O) groups excluding carboxylic acids is 4. The molecule has 9 rings (SSSR count). The number of fused-ring (bicyclic) bond motifs is 4. The molecule has 2 saturated carbocycles. The molecule has 0 radical (unpaired) electrons. The molecule has 67 heavy (non-hydrogen) atoms. The largest absolute Gasteiger partial charge is 0.385 e. The number of amides is 2. The maximum Gasteiger partial charge on any atom is 0.289 e. The van der Waals surface area contributed by atoms with Gasteiger partial charge in [0.05, 0.1) is 55.7 Å². The number of hydrogen-bond donors (Lipinski definition) is 4. The number of anilines is 3. The predicted octanol–water partition coefficient (Wildman–Crippen LogP) is 6.85. The van der Waals surface area contributed by atoms with Gasteiger partial charge in [-0.25, -0.2) is 14.6 Å². The highest BCUT2D eigenvalue weighted by Gasteiger charge is 2.39. The number of benzene rings is 2. The summed E-state index contributed by atoms with van der Waals surface area (Å²) in [6.45, 7) is 12.7. The van der Waals surface area contributed by atoms with E-state index in [9.17, 15) is 19.2 Å². The predicted molar refractivity (Wildman–Crippen MR) is 251 cm³/mol. The van der Waals surface area contributed by atoms with Crippen molar-refractivity contribution in [2.24, 2.45) is 0 Å². The smallest absolute Gasteiger partial charge is 0.289 e. The molecule has 4 aromatic heterocycles. The molecular weight excluding hydrogens is 857 g/mol. The molecule has 0 bridgehead atoms. The number of rotatable bonds is 22. The fraction of sp³-hybridized carbons (Fsp3) is 0.469. The van der Waals surface area contributed by atoms with Crippen LogP contribution in [0.1, 0.15) is 107 Å². The lowest BCUT2D eigenvalue weighted by Crippen LogP contribution is -2.44. The number of aromatic nitrogens is 6. The van der Waals surface area contributed by atoms with Crippen molar-refractivity contribution in [2.75, 3.05) is 63.4 Å². The lowest BCUT2D eigenvalue weighted by molar-refractivity contribution is -0.133. The quantitative estimate of drug-likeness (QED) is 0.0405. The van der Waals surface area contributed by atoms with Crippen LogP contribution in [0.15, 0.2) is 40.9 Å². The minimum Gasteiger partial charge on any atom is -0.385 e. The van der Waals surface area contributed by atoms with Gasteiger partial charge in [-0.2, -0.15) is 5.10 Å². The van der Waals surface area contributed by atoms with Gasteiger partial charge in [0.1, 0.15) is 28.8 Å². The molecule has 352 valence electrons. The summed E-state index contributed by atoms with van der Waals surface area (Å²) in [6, 6.07) is 11.3. The molecule has 2 aliphatic carbocycles. The number of nitrogens with zero attached hydrogens (tertiary/aromatic N) is 6. The van der Waals surface area contributed by atoms with Gasteiger partial charge in [-0.3, -0.25) is 19.2 Å². The van der Waals surface area contributed by atoms with Crippen molar-refractivity contribution >= 4 is 62.6 Å². The molecule has 2 fully saturated rings. The molecular formula is C49H58N10O8. The Labute approximate surface area is 387 Å². The summed E-state index contributed by atoms with van der Waals surface area (Å²) in [4.78, 5) is 65.5. The molecule has 0 saturated heterocycles. The Bertz CT molecular complexity index is 2810. The van der Waals surface area contributed by atoms with Crippen LogP contribution in [0.3, 0.4) is 0 Å². The first-order valence-corrected chi connectivity index (χ1v) is 23.4. The van der Waals surface area contributed by atoms with Crippen LogP contribution in [-0.4, -0.2) is 117 Å². The summed E-state index contributed by atoms with van der Waals surface area (Å²) in [6.07, 6.45) is 4.25. The van der Waals surface area contributed by atoms with Gasteiger partial charge in [0.2, 0.25) is 5.82 Å². The Kier molecular flexibility index (Phi) is 13.7. The standard InChI is InChI=1S/C49H58N10O8/c1-5-59-42(26-38(56-59)31-11-12-31)53-46-44-35-23-28(2)34(43-29(3)57-67-30(43)4)25-39(35)52-45(44)54-47(55-46)48(62)51-16-8-18-65-20-22-66-21-19-64-17-7-15-50-37-10-6-9-33-36(37)27-58(49(33)63)40-14-13-32(60)24-41(40)61/h6,9-10,23,25-26,31,40,50H,5,7-8,11-22,24,27H2,1-4H3,(H,51,62)(H2,52,53,54,55). The molecule has 6 aromatic rings. The topological polar surface area (TPSA) is 221 Å². The number of nitrogens with one attached hydrogen (secondary N) is 4. The molecule has 3 aliphatic rings. The minimum absolute atomic E-state index is 0.0426. The highest BCUT2D eigenvalue weighted by atomic mass is 16.5. The molecule has 2 aromatic carbocycles. The molecule has 1 atom stereocenters. The van der Waals surface area contributed by atoms with Crippen molar-refractivity contribution in [3.8, 4) is 11.1 Å². The molecule has 0 spiro atoms. The van der Waals surface area contributed by atoms with Gasteiger partial charge in [-0.15, -0.1) is 0 Å². The van der Waals surface area contributed by atoms with E-state index in [0.717, 1.165) is 86.5 Å². The van der Waals surface area contributed by atoms with Crippen LogP contribution in [0.5, 0.6) is 0 Å². The van der Waals surface area contributed by atoms with Crippen molar-refractivity contribution in [1.82, 2.24) is 40.1 Å². The van der Waals surface area contributed by atoms with Gasteiger partial charge in [-0.05, 0) is 95.2 Å². The normalized spacial score (nSPS) is 16.1. The van der Waals surface area contributed by atoms with E-state index in [1.165, 1.54) is 0 Å². The summed E-state index contributed by atoms with van der Waals surface area (Å²) in [7, 11) is 0. The van der Waals surface area contributed by atoms with Crippen molar-refractivity contribution in [2.45, 2.75) is 97.7 Å². The van der Waals surface area contributed by atoms with Crippen LogP contribution in [0.4, 0.5) is 17.3 Å². The zero-order valence-corrected chi connectivity index (χ0v) is 38.6. The van der Waals surface area contributed by atoms with E-state index < -0.39 is 11.9 Å². The molecule has 18 nitrogen and oxygen atoms in total. The summed E-state index contributed by atoms with van der Waals surface area (Å²) in [5.41, 5.74) is 8.64. The first kappa shape index (κ1) is 45.6. The van der Waals surface area contributed by atoms with E-state index in [0.29, 0.717) is 108 Å². The average Bonchev–Trinajstić information content (AvgIpc) is 3.70. The van der Waals surface area contributed by atoms with E-state index >= 15 is 0 Å². The van der Waals surface area contributed by atoms with Crippen LogP contribution < -0.4 is 16.0 Å². The molecule has 4 N–H and O–H groups in total. The van der Waals surface area contributed by atoms with Gasteiger partial charge in [0.25, 0.3) is 11.8 Å². The third kappa shape index (κ3) is 9.97. The van der Waals surface area contributed by atoms with E-state index in [1.807, 2.05) is 30.7 Å². The Hall–Kier alpha value is -6.50. The van der Waals surface area contributed by atoms with Crippen LogP contribution in [0, 0.1) is 20.8 Å². The first-order chi connectivity index (χ1) is 32.6. The molecule has 5 heterocycles. The number of aromatic amines is 1. The Morgan fingerprint density at radius 1 is 0.910 bits per heavy atom. The lowest BCUT2D eigenvalue weighted by atomic mass is 9.92. The maximum absolute atomic E-state index is 13.6. The molecule has 1 unspecified atom stereocenters. The zero-order chi connectivity index (χ0) is 46.6. The number of H-pyrrole nitrogens is 1. The Morgan fingerprint density at radius 2 is 1.67 bits per heavy atom. The highest BCUT2D eigenvalue weighted by molar-refractivity contribution is 6.14. The second-order valence-electron chi connectivity index (χ2n) is 17.6. The zero-order valence-electron chi connectivity index (χ0n) is 38.6. The van der Waals surface area contributed by atoms with Crippen LogP contribution >= 0.6 is 0 Å². The Balaban J connectivity index is 0.704. The van der Waals surface area contributed by atoms with E-state index in [4.69, 9.17) is 33.8 Å². The SMILES string of the molecule is CCn1nc(C2CC2)cc1Nc1nc(C(=O)NCCCOCCOCCOCCCNc2cccc3c2CN(C2CCC(=O)CC2=O)C3=O)nc2[nH]c3cc(-c4c(C)noc4C)c(C)cc3c12. The highest BCUT2D eigenvalue weighted by Crippen LogP contribution is 2.42. The summed E-state index contributed by atoms with van der Waals surface area (Å²) >= 11 is 0. The average molecular weight is 915 g/mol. The van der Waals surface area contributed by atoms with Gasteiger partial charge in [0.15, 0.2) is 5.78 Å². The van der Waals surface area contributed by atoms with Crippen molar-refractivity contribution in [3.05, 3.63) is 76.1 Å². The summed E-state index contributed by atoms with van der Waals surface area (Å²) < 4.78 is 24.6. The fourth-order valence-corrected chi connectivity index (χ4v) is 9.11. The van der Waals surface area contributed by atoms with Crippen LogP contribution in [0.2, 0.25) is 0 Å². The number of hydrogen-bond acceptors (Lipinski definition) is 14. The Morgan fingerprint density at radius 3 is 2.39 bits per heavy atom. The van der Waals surface area contributed by atoms with E-state index in [-0.39, 0.29) is 29.7 Å². The van der Waals surface area contributed by atoms with Gasteiger partial charge in [0, 0.05) is 91.1 Å². The van der Waals surface area contributed by atoms with Crippen molar-refractivity contribution in [3.63, 3.8) is 0 Å². The monoisotopic (exact) mass is 914 g/mol. The summed E-state index contributed by atoms with van der Waals surface area (Å²) in [5.74, 6) is 1.82. The van der Waals surface area contributed by atoms with Gasteiger partial charge < -0.3 is 44.6 Å². The minimum atomic E-state index is -0.535. The number of ether oxygens (including phenoxy) is 3. The third-order valence-corrected chi connectivity index (χ3v) is 12.7. The second kappa shape index (κ2) is 20.2. The third-order valence-electron chi connectivity index (χ3n) is 12.7. The number of Topliss-reactive ketones (excluding diaryl/α,β-unsaturated/α-hetero) is 2. The summed E-state index contributed by atoms with van der Waals surface area (Å²) in [5, 5.41) is 20.6.